The van der Waals surface area contributed by atoms with Gasteiger partial charge in [0.15, 0.2) is 0 Å². The molecule has 184 valence electrons. The van der Waals surface area contributed by atoms with Crippen LogP contribution >= 0.6 is 27.3 Å². The normalized spacial score (nSPS) is 17.6. The Morgan fingerprint density at radius 1 is 1.11 bits per heavy atom. The molecule has 0 saturated carbocycles. The van der Waals surface area contributed by atoms with Crippen LogP contribution in [-0.4, -0.2) is 42.7 Å². The number of hydrogen-bond acceptors (Lipinski definition) is 9. The summed E-state index contributed by atoms with van der Waals surface area (Å²) in [5.41, 5.74) is 7.74. The van der Waals surface area contributed by atoms with Crippen LogP contribution in [-0.2, 0) is 19.1 Å². The largest absolute Gasteiger partial charge is 0.391 e. The first kappa shape index (κ1) is 25.6. The lowest BCUT2D eigenvalue weighted by Crippen LogP contribution is -2.52. The van der Waals surface area contributed by atoms with Gasteiger partial charge >= 0.3 is 11.9 Å². The molecule has 3 aromatic rings. The average Bonchev–Trinajstić information content (AvgIpc) is 3.33. The van der Waals surface area contributed by atoms with Gasteiger partial charge in [-0.05, 0) is 39.9 Å². The van der Waals surface area contributed by atoms with Crippen LogP contribution in [0.15, 0.2) is 70.6 Å². The maximum atomic E-state index is 13.5. The number of thiazole rings is 1. The molecule has 10 heteroatoms. The van der Waals surface area contributed by atoms with Gasteiger partial charge < -0.3 is 9.47 Å². The minimum absolute atomic E-state index is 0.361. The maximum Gasteiger partial charge on any atom is 0.334 e. The van der Waals surface area contributed by atoms with Crippen molar-refractivity contribution in [2.75, 3.05) is 13.7 Å². The van der Waals surface area contributed by atoms with Gasteiger partial charge in [0.25, 0.3) is 0 Å². The van der Waals surface area contributed by atoms with E-state index in [2.05, 4.69) is 37.1 Å². The number of rotatable bonds is 9. The Kier molecular flexibility index (Phi) is 9.13. The second-order valence-electron chi connectivity index (χ2n) is 8.07. The monoisotopic (exact) mass is 558 g/mol. The second kappa shape index (κ2) is 12.5. The number of benzene rings is 2. The van der Waals surface area contributed by atoms with Crippen LogP contribution in [0.25, 0.3) is 0 Å². The Hall–Kier alpha value is -2.47. The van der Waals surface area contributed by atoms with E-state index in [9.17, 15) is 9.59 Å². The topological polar surface area (TPSA) is 102 Å². The van der Waals surface area contributed by atoms with E-state index in [-0.39, 0.29) is 6.04 Å². The van der Waals surface area contributed by atoms with E-state index in [0.29, 0.717) is 16.0 Å². The van der Waals surface area contributed by atoms with Gasteiger partial charge in [0, 0.05) is 19.0 Å². The fraction of sp³-hybridized carbons (Fsp3) is 0.320. The molecule has 2 heterocycles. The van der Waals surface area contributed by atoms with Crippen LogP contribution in [0.4, 0.5) is 0 Å². The predicted octanol–water partition coefficient (Wildman–Crippen LogP) is 3.67. The van der Waals surface area contributed by atoms with E-state index in [4.69, 9.17) is 9.47 Å². The molecular weight excluding hydrogens is 532 g/mol. The number of nitrogens with one attached hydrogen (secondary N) is 3. The fourth-order valence-corrected chi connectivity index (χ4v) is 5.36. The number of aromatic nitrogens is 1. The zero-order chi connectivity index (χ0) is 24.6. The molecular formula is C25H27BrN4O4S. The van der Waals surface area contributed by atoms with Crippen LogP contribution in [0.2, 0.25) is 0 Å². The zero-order valence-electron chi connectivity index (χ0n) is 19.1. The molecule has 2 aromatic carbocycles. The van der Waals surface area contributed by atoms with Crippen LogP contribution in [0.5, 0.6) is 0 Å². The maximum absolute atomic E-state index is 13.5. The highest BCUT2D eigenvalue weighted by Crippen LogP contribution is 2.30. The van der Waals surface area contributed by atoms with Gasteiger partial charge in [0.2, 0.25) is 0 Å². The lowest BCUT2D eigenvalue weighted by atomic mass is 9.97. The number of methoxy groups -OCH3 is 1. The third-order valence-corrected chi connectivity index (χ3v) is 7.33. The number of carbonyl (C=O) groups excluding carboxylic acids is 2. The first-order chi connectivity index (χ1) is 17.1. The SMILES string of the molecule is CO[C@H](c1nc(Br)cs1)[C@H](NC(c1ccccc1)c1ccccc1)C(=O)OC(=O)C1CCCNN1. The first-order valence-corrected chi connectivity index (χ1v) is 13.0. The molecule has 0 aliphatic carbocycles. The summed E-state index contributed by atoms with van der Waals surface area (Å²) in [6.07, 6.45) is 0.612. The zero-order valence-corrected chi connectivity index (χ0v) is 21.6. The van der Waals surface area contributed by atoms with Crippen molar-refractivity contribution in [1.82, 2.24) is 21.2 Å². The summed E-state index contributed by atoms with van der Waals surface area (Å²) in [4.78, 5) is 30.7. The van der Waals surface area contributed by atoms with Gasteiger partial charge in [-0.1, -0.05) is 60.7 Å². The summed E-state index contributed by atoms with van der Waals surface area (Å²) in [7, 11) is 1.51. The third kappa shape index (κ3) is 6.60. The number of nitrogens with zero attached hydrogens (tertiary/aromatic N) is 1. The minimum Gasteiger partial charge on any atom is -0.391 e. The highest BCUT2D eigenvalue weighted by molar-refractivity contribution is 9.10. The van der Waals surface area contributed by atoms with Crippen molar-refractivity contribution in [3.8, 4) is 0 Å². The summed E-state index contributed by atoms with van der Waals surface area (Å²) in [6, 6.07) is 17.6. The molecule has 4 rings (SSSR count). The van der Waals surface area contributed by atoms with Crippen LogP contribution in [0.3, 0.4) is 0 Å². The van der Waals surface area contributed by atoms with Gasteiger partial charge in [0.1, 0.15) is 27.8 Å². The Morgan fingerprint density at radius 2 is 1.77 bits per heavy atom. The molecule has 1 aromatic heterocycles. The van der Waals surface area contributed by atoms with Gasteiger partial charge in [-0.3, -0.25) is 10.7 Å². The van der Waals surface area contributed by atoms with Crippen LogP contribution in [0.1, 0.15) is 41.1 Å². The van der Waals surface area contributed by atoms with Gasteiger partial charge in [0.05, 0.1) is 6.04 Å². The lowest BCUT2D eigenvalue weighted by Gasteiger charge is -2.30. The number of hydrogen-bond donors (Lipinski definition) is 3. The average molecular weight is 559 g/mol. The molecule has 0 bridgehead atoms. The summed E-state index contributed by atoms with van der Waals surface area (Å²) in [5, 5.41) is 5.82. The quantitative estimate of drug-likeness (QED) is 0.270. The Bertz CT molecular complexity index is 1070. The predicted molar refractivity (Wildman–Crippen MR) is 136 cm³/mol. The molecule has 1 aliphatic heterocycles. The van der Waals surface area contributed by atoms with E-state index >= 15 is 0 Å². The summed E-state index contributed by atoms with van der Waals surface area (Å²) in [6.45, 7) is 0.752. The van der Waals surface area contributed by atoms with E-state index in [1.165, 1.54) is 18.4 Å². The molecule has 0 radical (unpaired) electrons. The van der Waals surface area contributed by atoms with Gasteiger partial charge in [-0.2, -0.15) is 0 Å². The lowest BCUT2D eigenvalue weighted by molar-refractivity contribution is -0.165. The van der Waals surface area contributed by atoms with E-state index < -0.39 is 30.1 Å². The smallest absolute Gasteiger partial charge is 0.334 e. The van der Waals surface area contributed by atoms with E-state index in [1.54, 1.807) is 0 Å². The molecule has 8 nitrogen and oxygen atoms in total. The van der Waals surface area contributed by atoms with Crippen LogP contribution in [0, 0.1) is 0 Å². The van der Waals surface area contributed by atoms with Crippen molar-refractivity contribution in [3.63, 3.8) is 0 Å². The molecule has 1 aliphatic rings. The Labute approximate surface area is 216 Å². The Morgan fingerprint density at radius 3 is 2.29 bits per heavy atom. The molecule has 1 fully saturated rings. The second-order valence-corrected chi connectivity index (χ2v) is 9.77. The standard InChI is InChI=1S/C25H27BrN4O4S/c1-33-22(23-28-19(26)15-35-23)21(25(32)34-24(31)18-13-8-14-27-30-18)29-20(16-9-4-2-5-10-16)17-11-6-3-7-12-17/h2-7,9-12,15,18,20-22,27,29-30H,8,13-14H2,1H3/t18?,21-,22-/m0/s1. The number of ether oxygens (including phenoxy) is 2. The molecule has 1 unspecified atom stereocenters. The number of halogens is 1. The molecule has 1 saturated heterocycles. The van der Waals surface area contributed by atoms with Crippen molar-refractivity contribution >= 4 is 39.2 Å². The molecule has 35 heavy (non-hydrogen) atoms. The molecule has 0 amide bonds. The summed E-state index contributed by atoms with van der Waals surface area (Å²) >= 11 is 4.73. The van der Waals surface area contributed by atoms with Gasteiger partial charge in [-0.25, -0.2) is 20.0 Å². The molecule has 3 N–H and O–H groups in total. The van der Waals surface area contributed by atoms with Crippen molar-refractivity contribution in [2.24, 2.45) is 0 Å². The molecule has 3 atom stereocenters. The van der Waals surface area contributed by atoms with E-state index in [0.717, 1.165) is 24.1 Å². The highest BCUT2D eigenvalue weighted by Gasteiger charge is 2.38. The highest BCUT2D eigenvalue weighted by atomic mass is 79.9. The number of esters is 2. The molecule has 0 spiro atoms. The Balaban J connectivity index is 1.66. The van der Waals surface area contributed by atoms with E-state index in [1.807, 2.05) is 66.0 Å². The summed E-state index contributed by atoms with van der Waals surface area (Å²) < 4.78 is 11.8. The van der Waals surface area contributed by atoms with Gasteiger partial charge in [-0.15, -0.1) is 11.3 Å². The third-order valence-electron chi connectivity index (χ3n) is 5.72. The van der Waals surface area contributed by atoms with Crippen molar-refractivity contribution in [2.45, 2.75) is 37.1 Å². The van der Waals surface area contributed by atoms with Crippen molar-refractivity contribution in [1.29, 1.82) is 0 Å². The van der Waals surface area contributed by atoms with Crippen molar-refractivity contribution in [3.05, 3.63) is 86.8 Å². The fourth-order valence-electron chi connectivity index (χ4n) is 3.98. The number of hydrazine groups is 1. The van der Waals surface area contributed by atoms with Crippen molar-refractivity contribution < 1.29 is 19.1 Å². The summed E-state index contributed by atoms with van der Waals surface area (Å²) in [5.74, 6) is -1.35. The number of carbonyl (C=O) groups is 2. The first-order valence-electron chi connectivity index (χ1n) is 11.3. The van der Waals surface area contributed by atoms with Crippen LogP contribution < -0.4 is 16.2 Å². The minimum atomic E-state index is -1.01.